The second kappa shape index (κ2) is 6.49. The third-order valence-electron chi connectivity index (χ3n) is 3.73. The summed E-state index contributed by atoms with van der Waals surface area (Å²) in [5.74, 6) is 0.00767. The fourth-order valence-corrected chi connectivity index (χ4v) is 3.02. The fraction of sp³-hybridized carbons (Fsp3) is 0.400. The van der Waals surface area contributed by atoms with Gasteiger partial charge in [0.2, 0.25) is 0 Å². The molecule has 0 aliphatic carbocycles. The van der Waals surface area contributed by atoms with Gasteiger partial charge in [0.05, 0.1) is 12.2 Å². The standard InChI is InChI=1S/C15H17BrN4O/c16-12-3-1-2-11(8-12)9-15(21)14-10-20(19-18-14)13-4-6-17-7-5-13/h1-3,8,10,13,17H,4-7,9H2. The molecule has 21 heavy (non-hydrogen) atoms. The third kappa shape index (κ3) is 3.57. The maximum Gasteiger partial charge on any atom is 0.189 e. The van der Waals surface area contributed by atoms with Crippen LogP contribution in [0.25, 0.3) is 0 Å². The van der Waals surface area contributed by atoms with Crippen LogP contribution in [0.5, 0.6) is 0 Å². The Morgan fingerprint density at radius 1 is 1.38 bits per heavy atom. The monoisotopic (exact) mass is 348 g/mol. The Labute approximate surface area is 131 Å². The highest BCUT2D eigenvalue weighted by molar-refractivity contribution is 9.10. The van der Waals surface area contributed by atoms with Gasteiger partial charge in [0.25, 0.3) is 0 Å². The van der Waals surface area contributed by atoms with Gasteiger partial charge in [-0.15, -0.1) is 5.10 Å². The lowest BCUT2D eigenvalue weighted by atomic mass is 10.1. The van der Waals surface area contributed by atoms with Crippen molar-refractivity contribution in [3.8, 4) is 0 Å². The summed E-state index contributed by atoms with van der Waals surface area (Å²) >= 11 is 3.42. The summed E-state index contributed by atoms with van der Waals surface area (Å²) in [7, 11) is 0. The molecule has 0 spiro atoms. The maximum atomic E-state index is 12.3. The minimum absolute atomic E-state index is 0.00767. The van der Waals surface area contributed by atoms with Gasteiger partial charge >= 0.3 is 0 Å². The lowest BCUT2D eigenvalue weighted by Crippen LogP contribution is -2.29. The molecule has 0 amide bonds. The molecule has 0 bridgehead atoms. The molecule has 1 saturated heterocycles. The number of halogens is 1. The van der Waals surface area contributed by atoms with Gasteiger partial charge in [-0.3, -0.25) is 4.79 Å². The number of hydrogen-bond donors (Lipinski definition) is 1. The number of aromatic nitrogens is 3. The van der Waals surface area contributed by atoms with Crippen LogP contribution in [-0.4, -0.2) is 33.9 Å². The first-order valence-corrected chi connectivity index (χ1v) is 7.92. The van der Waals surface area contributed by atoms with Gasteiger partial charge in [0.1, 0.15) is 5.69 Å². The van der Waals surface area contributed by atoms with Crippen LogP contribution < -0.4 is 5.32 Å². The molecule has 6 heteroatoms. The molecule has 1 fully saturated rings. The Bertz CT molecular complexity index is 634. The van der Waals surface area contributed by atoms with Gasteiger partial charge in [-0.2, -0.15) is 0 Å². The van der Waals surface area contributed by atoms with E-state index in [4.69, 9.17) is 0 Å². The molecule has 0 atom stereocenters. The minimum Gasteiger partial charge on any atom is -0.317 e. The fourth-order valence-electron chi connectivity index (χ4n) is 2.58. The van der Waals surface area contributed by atoms with Crippen LogP contribution in [0, 0.1) is 0 Å². The second-order valence-electron chi connectivity index (χ2n) is 5.29. The third-order valence-corrected chi connectivity index (χ3v) is 4.23. The Morgan fingerprint density at radius 3 is 2.95 bits per heavy atom. The predicted octanol–water partition coefficient (Wildman–Crippen LogP) is 2.39. The normalized spacial score (nSPS) is 16.0. The average molecular weight is 349 g/mol. The van der Waals surface area contributed by atoms with Crippen molar-refractivity contribution in [2.24, 2.45) is 0 Å². The van der Waals surface area contributed by atoms with E-state index in [1.54, 1.807) is 6.20 Å². The van der Waals surface area contributed by atoms with Crippen molar-refractivity contribution >= 4 is 21.7 Å². The van der Waals surface area contributed by atoms with Gasteiger partial charge < -0.3 is 5.32 Å². The van der Waals surface area contributed by atoms with Crippen molar-refractivity contribution in [1.29, 1.82) is 0 Å². The van der Waals surface area contributed by atoms with Crippen molar-refractivity contribution in [2.75, 3.05) is 13.1 Å². The molecular weight excluding hydrogens is 332 g/mol. The molecule has 110 valence electrons. The van der Waals surface area contributed by atoms with Crippen molar-refractivity contribution in [1.82, 2.24) is 20.3 Å². The minimum atomic E-state index is 0.00767. The van der Waals surface area contributed by atoms with Gasteiger partial charge in [0.15, 0.2) is 5.78 Å². The van der Waals surface area contributed by atoms with Crippen LogP contribution >= 0.6 is 15.9 Å². The van der Waals surface area contributed by atoms with Crippen LogP contribution in [0.15, 0.2) is 34.9 Å². The molecule has 0 unspecified atom stereocenters. The van der Waals surface area contributed by atoms with Crippen LogP contribution in [0.3, 0.4) is 0 Å². The number of hydrogen-bond acceptors (Lipinski definition) is 4. The van der Waals surface area contributed by atoms with E-state index in [-0.39, 0.29) is 5.78 Å². The molecule has 2 aromatic rings. The lowest BCUT2D eigenvalue weighted by molar-refractivity contribution is 0.0988. The van der Waals surface area contributed by atoms with E-state index in [9.17, 15) is 4.79 Å². The Kier molecular flexibility index (Phi) is 4.45. The number of carbonyl (C=O) groups is 1. The zero-order valence-corrected chi connectivity index (χ0v) is 13.2. The maximum absolute atomic E-state index is 12.3. The highest BCUT2D eigenvalue weighted by atomic mass is 79.9. The first-order chi connectivity index (χ1) is 10.2. The van der Waals surface area contributed by atoms with Crippen molar-refractivity contribution in [3.63, 3.8) is 0 Å². The second-order valence-corrected chi connectivity index (χ2v) is 6.21. The molecule has 1 aromatic heterocycles. The topological polar surface area (TPSA) is 59.8 Å². The van der Waals surface area contributed by atoms with Crippen molar-refractivity contribution in [3.05, 3.63) is 46.2 Å². The molecule has 2 heterocycles. The summed E-state index contributed by atoms with van der Waals surface area (Å²) < 4.78 is 2.82. The van der Waals surface area contributed by atoms with Gasteiger partial charge in [0, 0.05) is 10.9 Å². The van der Waals surface area contributed by atoms with Gasteiger partial charge in [-0.1, -0.05) is 33.3 Å². The first kappa shape index (κ1) is 14.4. The molecule has 1 aliphatic rings. The Hall–Kier alpha value is -1.53. The van der Waals surface area contributed by atoms with Gasteiger partial charge in [-0.25, -0.2) is 4.68 Å². The quantitative estimate of drug-likeness (QED) is 0.861. The number of nitrogens with one attached hydrogen (secondary N) is 1. The molecule has 1 aromatic carbocycles. The Morgan fingerprint density at radius 2 is 2.19 bits per heavy atom. The molecule has 0 saturated carbocycles. The number of piperidine rings is 1. The highest BCUT2D eigenvalue weighted by Crippen LogP contribution is 2.18. The number of carbonyl (C=O) groups excluding carboxylic acids is 1. The largest absolute Gasteiger partial charge is 0.317 e. The number of nitrogens with zero attached hydrogens (tertiary/aromatic N) is 3. The summed E-state index contributed by atoms with van der Waals surface area (Å²) in [6.07, 6.45) is 4.20. The summed E-state index contributed by atoms with van der Waals surface area (Å²) in [6.45, 7) is 1.98. The number of rotatable bonds is 4. The molecule has 0 radical (unpaired) electrons. The van der Waals surface area contributed by atoms with Gasteiger partial charge in [-0.05, 0) is 43.6 Å². The zero-order valence-electron chi connectivity index (χ0n) is 11.6. The first-order valence-electron chi connectivity index (χ1n) is 7.12. The van der Waals surface area contributed by atoms with Crippen LogP contribution in [-0.2, 0) is 6.42 Å². The van der Waals surface area contributed by atoms with Crippen molar-refractivity contribution in [2.45, 2.75) is 25.3 Å². The summed E-state index contributed by atoms with van der Waals surface area (Å²) in [5.41, 5.74) is 1.43. The highest BCUT2D eigenvalue weighted by Gasteiger charge is 2.18. The van der Waals surface area contributed by atoms with E-state index < -0.39 is 0 Å². The molecule has 3 rings (SSSR count). The van der Waals surface area contributed by atoms with E-state index >= 15 is 0 Å². The summed E-state index contributed by atoms with van der Waals surface area (Å²) in [6, 6.07) is 8.13. The van der Waals surface area contributed by atoms with Crippen LogP contribution in [0.4, 0.5) is 0 Å². The summed E-state index contributed by atoms with van der Waals surface area (Å²) in [5, 5.41) is 11.5. The van der Waals surface area contributed by atoms with Crippen LogP contribution in [0.1, 0.15) is 34.9 Å². The summed E-state index contributed by atoms with van der Waals surface area (Å²) in [4.78, 5) is 12.3. The zero-order chi connectivity index (χ0) is 14.7. The van der Waals surface area contributed by atoms with E-state index in [0.29, 0.717) is 18.2 Å². The molecule has 5 nitrogen and oxygen atoms in total. The lowest BCUT2D eigenvalue weighted by Gasteiger charge is -2.22. The predicted molar refractivity (Wildman–Crippen MR) is 83.3 cm³/mol. The van der Waals surface area contributed by atoms with Crippen molar-refractivity contribution < 1.29 is 4.79 Å². The average Bonchev–Trinajstić information content (AvgIpc) is 2.98. The van der Waals surface area contributed by atoms with E-state index in [1.807, 2.05) is 28.9 Å². The molecule has 1 N–H and O–H groups in total. The van der Waals surface area contributed by atoms with Crippen LogP contribution in [0.2, 0.25) is 0 Å². The number of Topliss-reactive ketones (excluding diaryl/α,β-unsaturated/α-hetero) is 1. The van der Waals surface area contributed by atoms with E-state index in [0.717, 1.165) is 36.0 Å². The number of benzene rings is 1. The number of ketones is 1. The SMILES string of the molecule is O=C(Cc1cccc(Br)c1)c1cn(C2CCNCC2)nn1. The Balaban J connectivity index is 1.69. The van der Waals surface area contributed by atoms with E-state index in [1.165, 1.54) is 0 Å². The molecular formula is C15H17BrN4O. The molecule has 1 aliphatic heterocycles. The smallest absolute Gasteiger partial charge is 0.189 e. The van der Waals surface area contributed by atoms with E-state index in [2.05, 4.69) is 31.6 Å².